The summed E-state index contributed by atoms with van der Waals surface area (Å²) in [6.45, 7) is 3.63. The third-order valence-electron chi connectivity index (χ3n) is 2.37. The van der Waals surface area contributed by atoms with E-state index in [9.17, 15) is 4.79 Å². The first-order valence-corrected chi connectivity index (χ1v) is 6.05. The Labute approximate surface area is 113 Å². The summed E-state index contributed by atoms with van der Waals surface area (Å²) < 4.78 is 4.86. The third kappa shape index (κ3) is 6.12. The molecule has 1 aromatic heterocycles. The van der Waals surface area contributed by atoms with Crippen molar-refractivity contribution in [1.29, 1.82) is 0 Å². The number of nitrogens with one attached hydrogen (secondary N) is 1. The van der Waals surface area contributed by atoms with Crippen molar-refractivity contribution in [2.75, 3.05) is 39.6 Å². The average molecular weight is 267 g/mol. The second-order valence-corrected chi connectivity index (χ2v) is 4.37. The molecule has 0 bridgehead atoms. The average Bonchev–Trinajstić information content (AvgIpc) is 2.27. The molecule has 0 aliphatic rings. The number of ether oxygens (including phenoxy) is 1. The van der Waals surface area contributed by atoms with E-state index in [2.05, 4.69) is 15.3 Å². The molecule has 0 aliphatic carbocycles. The number of likely N-dealkylation sites (N-methyl/N-ethyl adjacent to an activating group) is 1. The first-order chi connectivity index (χ1) is 9.01. The Morgan fingerprint density at radius 1 is 1.53 bits per heavy atom. The lowest BCUT2D eigenvalue weighted by atomic mass is 10.4. The number of carbonyl (C=O) groups excluding carboxylic acids is 1. The summed E-state index contributed by atoms with van der Waals surface area (Å²) in [4.78, 5) is 21.8. The number of nitrogens with two attached hydrogens (primary N) is 1. The second-order valence-electron chi connectivity index (χ2n) is 4.37. The normalized spacial score (nSPS) is 10.7. The van der Waals surface area contributed by atoms with Crippen molar-refractivity contribution in [3.63, 3.8) is 0 Å². The van der Waals surface area contributed by atoms with Gasteiger partial charge in [0.2, 0.25) is 5.91 Å². The van der Waals surface area contributed by atoms with Gasteiger partial charge in [-0.3, -0.25) is 9.69 Å². The van der Waals surface area contributed by atoms with Gasteiger partial charge in [0.1, 0.15) is 11.6 Å². The van der Waals surface area contributed by atoms with Crippen molar-refractivity contribution in [3.8, 4) is 0 Å². The molecule has 106 valence electrons. The topological polar surface area (TPSA) is 93.4 Å². The zero-order chi connectivity index (χ0) is 14.3. The van der Waals surface area contributed by atoms with Crippen LogP contribution < -0.4 is 11.1 Å². The quantitative estimate of drug-likeness (QED) is 0.651. The SMILES string of the molecule is COCCNC(=O)CN(C)Cc1nc(C)cc(N)n1. The number of rotatable bonds is 7. The van der Waals surface area contributed by atoms with Crippen molar-refractivity contribution in [3.05, 3.63) is 17.6 Å². The Bertz CT molecular complexity index is 404. The van der Waals surface area contributed by atoms with Gasteiger partial charge in [-0.15, -0.1) is 0 Å². The highest BCUT2D eigenvalue weighted by Gasteiger charge is 2.09. The van der Waals surface area contributed by atoms with Gasteiger partial charge < -0.3 is 15.8 Å². The highest BCUT2D eigenvalue weighted by atomic mass is 16.5. The van der Waals surface area contributed by atoms with Crippen LogP contribution in [0.4, 0.5) is 5.82 Å². The number of carbonyl (C=O) groups is 1. The monoisotopic (exact) mass is 267 g/mol. The maximum atomic E-state index is 11.6. The number of aromatic nitrogens is 2. The van der Waals surface area contributed by atoms with Gasteiger partial charge in [0, 0.05) is 25.4 Å². The Morgan fingerprint density at radius 3 is 2.89 bits per heavy atom. The van der Waals surface area contributed by atoms with Crippen molar-refractivity contribution < 1.29 is 9.53 Å². The van der Waals surface area contributed by atoms with Gasteiger partial charge in [0.25, 0.3) is 0 Å². The summed E-state index contributed by atoms with van der Waals surface area (Å²) in [5.41, 5.74) is 6.47. The largest absolute Gasteiger partial charge is 0.384 e. The van der Waals surface area contributed by atoms with Crippen LogP contribution in [0, 0.1) is 6.92 Å². The van der Waals surface area contributed by atoms with Crippen LogP contribution in [0.5, 0.6) is 0 Å². The van der Waals surface area contributed by atoms with Crippen molar-refractivity contribution in [2.45, 2.75) is 13.5 Å². The van der Waals surface area contributed by atoms with Gasteiger partial charge in [-0.2, -0.15) is 0 Å². The third-order valence-corrected chi connectivity index (χ3v) is 2.37. The van der Waals surface area contributed by atoms with Crippen LogP contribution in [0.25, 0.3) is 0 Å². The van der Waals surface area contributed by atoms with Crippen molar-refractivity contribution in [1.82, 2.24) is 20.2 Å². The minimum atomic E-state index is -0.0554. The molecular formula is C12H21N5O2. The summed E-state index contributed by atoms with van der Waals surface area (Å²) in [6, 6.07) is 1.71. The Kier molecular flexibility index (Phi) is 6.17. The molecule has 19 heavy (non-hydrogen) atoms. The van der Waals surface area contributed by atoms with Crippen molar-refractivity contribution in [2.24, 2.45) is 0 Å². The number of hydrogen-bond donors (Lipinski definition) is 2. The summed E-state index contributed by atoms with van der Waals surface area (Å²) in [6.07, 6.45) is 0. The van der Waals surface area contributed by atoms with E-state index in [0.717, 1.165) is 5.69 Å². The predicted molar refractivity (Wildman–Crippen MR) is 72.4 cm³/mol. The molecule has 1 rings (SSSR count). The molecule has 3 N–H and O–H groups in total. The number of amides is 1. The van der Waals surface area contributed by atoms with E-state index in [-0.39, 0.29) is 12.5 Å². The molecular weight excluding hydrogens is 246 g/mol. The zero-order valence-electron chi connectivity index (χ0n) is 11.6. The van der Waals surface area contributed by atoms with E-state index < -0.39 is 0 Å². The molecule has 0 atom stereocenters. The van der Waals surface area contributed by atoms with Crippen LogP contribution in [-0.2, 0) is 16.1 Å². The van der Waals surface area contributed by atoms with Crippen molar-refractivity contribution >= 4 is 11.7 Å². The van der Waals surface area contributed by atoms with Crippen LogP contribution in [0.3, 0.4) is 0 Å². The Hall–Kier alpha value is -1.73. The maximum Gasteiger partial charge on any atom is 0.234 e. The highest BCUT2D eigenvalue weighted by Crippen LogP contribution is 2.03. The molecule has 0 saturated carbocycles. The number of nitrogen functional groups attached to an aromatic ring is 1. The predicted octanol–water partition coefficient (Wildman–Crippen LogP) is -0.438. The van der Waals surface area contributed by atoms with E-state index in [1.54, 1.807) is 13.2 Å². The number of nitrogens with zero attached hydrogens (tertiary/aromatic N) is 3. The number of hydrogen-bond acceptors (Lipinski definition) is 6. The van der Waals surface area contributed by atoms with Gasteiger partial charge in [-0.05, 0) is 14.0 Å². The first-order valence-electron chi connectivity index (χ1n) is 6.05. The molecule has 0 saturated heterocycles. The summed E-state index contributed by atoms with van der Waals surface area (Å²) in [5, 5.41) is 2.75. The lowest BCUT2D eigenvalue weighted by Gasteiger charge is -2.15. The number of anilines is 1. The van der Waals surface area contributed by atoms with Crippen LogP contribution in [-0.4, -0.2) is 54.6 Å². The minimum absolute atomic E-state index is 0.0554. The van der Waals surface area contributed by atoms with Crippen LogP contribution in [0.1, 0.15) is 11.5 Å². The number of aryl methyl sites for hydroxylation is 1. The van der Waals surface area contributed by atoms with Gasteiger partial charge in [-0.25, -0.2) is 9.97 Å². The molecule has 0 radical (unpaired) electrons. The molecule has 1 heterocycles. The molecule has 0 fully saturated rings. The molecule has 0 aliphatic heterocycles. The summed E-state index contributed by atoms with van der Waals surface area (Å²) >= 11 is 0. The van der Waals surface area contributed by atoms with Gasteiger partial charge in [0.05, 0.1) is 19.7 Å². The lowest BCUT2D eigenvalue weighted by Crippen LogP contribution is -2.36. The van der Waals surface area contributed by atoms with Gasteiger partial charge >= 0.3 is 0 Å². The molecule has 0 spiro atoms. The molecule has 0 aromatic carbocycles. The fraction of sp³-hybridized carbons (Fsp3) is 0.583. The lowest BCUT2D eigenvalue weighted by molar-refractivity contribution is -0.122. The fourth-order valence-corrected chi connectivity index (χ4v) is 1.62. The summed E-state index contributed by atoms with van der Waals surface area (Å²) in [5.74, 6) is 1.00. The molecule has 0 unspecified atom stereocenters. The molecule has 7 heteroatoms. The van der Waals surface area contributed by atoms with Crippen LogP contribution in [0.15, 0.2) is 6.07 Å². The van der Waals surface area contributed by atoms with E-state index >= 15 is 0 Å². The van der Waals surface area contributed by atoms with E-state index in [0.29, 0.717) is 31.3 Å². The molecule has 1 aromatic rings. The molecule has 7 nitrogen and oxygen atoms in total. The Morgan fingerprint density at radius 2 is 2.26 bits per heavy atom. The zero-order valence-corrected chi connectivity index (χ0v) is 11.6. The Balaban J connectivity index is 2.41. The second kappa shape index (κ2) is 7.65. The van der Waals surface area contributed by atoms with Gasteiger partial charge in [-0.1, -0.05) is 0 Å². The van der Waals surface area contributed by atoms with Gasteiger partial charge in [0.15, 0.2) is 0 Å². The first kappa shape index (κ1) is 15.3. The standard InChI is InChI=1S/C12H21N5O2/c1-9-6-10(13)16-11(15-9)7-17(2)8-12(18)14-4-5-19-3/h6H,4-5,7-8H2,1-3H3,(H,14,18)(H2,13,15,16). The van der Waals surface area contributed by atoms with E-state index in [4.69, 9.17) is 10.5 Å². The highest BCUT2D eigenvalue weighted by molar-refractivity contribution is 5.77. The van der Waals surface area contributed by atoms with E-state index in [1.807, 2.05) is 18.9 Å². The smallest absolute Gasteiger partial charge is 0.234 e. The van der Waals surface area contributed by atoms with E-state index in [1.165, 1.54) is 0 Å². The fourth-order valence-electron chi connectivity index (χ4n) is 1.62. The summed E-state index contributed by atoms with van der Waals surface area (Å²) in [7, 11) is 3.43. The van der Waals surface area contributed by atoms with Crippen LogP contribution >= 0.6 is 0 Å². The maximum absolute atomic E-state index is 11.6. The number of methoxy groups -OCH3 is 1. The molecule has 1 amide bonds. The minimum Gasteiger partial charge on any atom is -0.384 e. The van der Waals surface area contributed by atoms with Crippen LogP contribution in [0.2, 0.25) is 0 Å².